The maximum atomic E-state index is 14.2. The first-order chi connectivity index (χ1) is 41.3. The summed E-state index contributed by atoms with van der Waals surface area (Å²) in [5.74, 6) is -5.59. The lowest BCUT2D eigenvalue weighted by atomic mass is 9.74. The minimum absolute atomic E-state index is 0.0760. The first-order valence-corrected chi connectivity index (χ1v) is 33.0. The second-order valence-corrected chi connectivity index (χ2v) is 26.1. The molecule has 7 N–H and O–H groups in total. The maximum absolute atomic E-state index is 14.2. The number of nitrogens with zero attached hydrogens (tertiary/aromatic N) is 1. The first-order valence-electron chi connectivity index (χ1n) is 31.6. The van der Waals surface area contributed by atoms with Crippen LogP contribution in [0.2, 0.25) is 0 Å². The van der Waals surface area contributed by atoms with Crippen molar-refractivity contribution >= 4 is 45.5 Å². The van der Waals surface area contributed by atoms with Crippen LogP contribution in [0.1, 0.15) is 179 Å². The number of aliphatic hydroxyl groups excluding tert-OH is 2. The van der Waals surface area contributed by atoms with Crippen molar-refractivity contribution < 1.29 is 89.9 Å². The highest BCUT2D eigenvalue weighted by Gasteiger charge is 2.54. The molecule has 3 aliphatic heterocycles. The van der Waals surface area contributed by atoms with Gasteiger partial charge in [0.15, 0.2) is 18.7 Å². The molecule has 3 aliphatic rings. The van der Waals surface area contributed by atoms with Crippen molar-refractivity contribution in [2.75, 3.05) is 38.4 Å². The van der Waals surface area contributed by atoms with Gasteiger partial charge in [0.2, 0.25) is 0 Å². The Hall–Kier alpha value is -4.21. The summed E-state index contributed by atoms with van der Waals surface area (Å²) in [6.45, 7) is 20.3. The van der Waals surface area contributed by atoms with Crippen LogP contribution in [0.5, 0.6) is 0 Å². The zero-order valence-electron chi connectivity index (χ0n) is 55.1. The number of aliphatic hydroxyl groups is 4. The second kappa shape index (κ2) is 37.3. The number of ether oxygens (including phenoxy) is 7. The van der Waals surface area contributed by atoms with Crippen molar-refractivity contribution in [2.45, 2.75) is 264 Å². The van der Waals surface area contributed by atoms with E-state index >= 15 is 0 Å². The molecule has 88 heavy (non-hydrogen) atoms. The van der Waals surface area contributed by atoms with E-state index in [1.54, 1.807) is 48.5 Å². The van der Waals surface area contributed by atoms with E-state index < -0.39 is 124 Å². The SMILES string of the molecule is CCC(=O)OC1C(OC2C(C)C(OC3CC(C)(OC)C(O)C(C)O3)C(C)C(=O)OC(CC)C(C)(O)C(O)C(C)C(=O)C(C)CC2(C)O)OC(C)CC1N(C)C.CCCCCCCCCCCCOS(=O)(=O)O.O=C(Nc1ccccc1)Nc1ccccc1. The van der Waals surface area contributed by atoms with Crippen molar-refractivity contribution in [3.8, 4) is 0 Å². The van der Waals surface area contributed by atoms with E-state index in [0.717, 1.165) is 24.2 Å². The molecule has 3 heterocycles. The van der Waals surface area contributed by atoms with Crippen LogP contribution in [0, 0.1) is 23.7 Å². The van der Waals surface area contributed by atoms with Crippen molar-refractivity contribution in [1.82, 2.24) is 4.90 Å². The van der Waals surface area contributed by atoms with Gasteiger partial charge in [-0.25, -0.2) is 8.98 Å². The van der Waals surface area contributed by atoms with Crippen molar-refractivity contribution in [3.05, 3.63) is 60.7 Å². The fourth-order valence-electron chi connectivity index (χ4n) is 11.8. The Morgan fingerprint density at radius 3 is 1.75 bits per heavy atom. The zero-order valence-corrected chi connectivity index (χ0v) is 55.9. The summed E-state index contributed by atoms with van der Waals surface area (Å²) >= 11 is 0. The van der Waals surface area contributed by atoms with Gasteiger partial charge >= 0.3 is 28.4 Å². The number of anilines is 2. The number of nitrogens with one attached hydrogen (secondary N) is 2. The topological polar surface area (TPSA) is 305 Å². The van der Waals surface area contributed by atoms with E-state index in [9.17, 15) is 48.0 Å². The van der Waals surface area contributed by atoms with Crippen LogP contribution in [0.25, 0.3) is 0 Å². The Kier molecular flexibility index (Phi) is 33.1. The lowest BCUT2D eigenvalue weighted by Crippen LogP contribution is -2.61. The number of cyclic esters (lactones) is 1. The van der Waals surface area contributed by atoms with Gasteiger partial charge in [0, 0.05) is 49.1 Å². The highest BCUT2D eigenvalue weighted by atomic mass is 32.3. The fraction of sp³-hybridized carbons (Fsp3) is 0.754. The average molecular weight is 1270 g/mol. The Balaban J connectivity index is 0.000000492. The molecule has 2 amide bonds. The van der Waals surface area contributed by atoms with Gasteiger partial charge in [-0.15, -0.1) is 0 Å². The average Bonchev–Trinajstić information content (AvgIpc) is 3.02. The minimum atomic E-state index is -4.23. The van der Waals surface area contributed by atoms with Crippen LogP contribution in [0.3, 0.4) is 0 Å². The van der Waals surface area contributed by atoms with Gasteiger partial charge < -0.3 is 69.1 Å². The quantitative estimate of drug-likeness (QED) is 0.0309. The molecule has 0 spiro atoms. The highest BCUT2D eigenvalue weighted by Crippen LogP contribution is 2.41. The molecule has 22 nitrogen and oxygen atoms in total. The molecule has 2 aromatic rings. The lowest BCUT2D eigenvalue weighted by Gasteiger charge is -2.49. The van der Waals surface area contributed by atoms with E-state index in [-0.39, 0.29) is 50.5 Å². The number of methoxy groups -OCH3 is 1. The van der Waals surface area contributed by atoms with E-state index in [0.29, 0.717) is 12.8 Å². The normalized spacial score (nSPS) is 33.3. The standard InChI is InChI=1S/C40H71NO14.C13H12N2O.C12H26O4S/c1-15-27-40(11,48)33(44)22(5)30(43)20(3)18-38(9,47)35(55-37-32(53-28(42)16-2)26(41(12)13)17-21(4)50-37)23(6)31(24(7)36(46)52-27)54-29-19-39(10,49-14)34(45)25(8)51-29;16-13(14-11-7-3-1-4-8-11)15-12-9-5-2-6-10-12;1-2-3-4-5-6-7-8-9-10-11-12-16-17(13,14)15/h20-27,29,31-35,37,44-45,47-48H,15-19H2,1-14H3;1-10H,(H2,14,15,16);2-12H2,1H3,(H,13,14,15). The Bertz CT molecular complexity index is 2430. The molecule has 0 radical (unpaired) electrons. The summed E-state index contributed by atoms with van der Waals surface area (Å²) in [6.07, 6.45) is 2.17. The van der Waals surface area contributed by atoms with E-state index in [4.69, 9.17) is 37.7 Å². The summed E-state index contributed by atoms with van der Waals surface area (Å²) in [5.41, 5.74) is -3.37. The number of ketones is 1. The van der Waals surface area contributed by atoms with Crippen LogP contribution < -0.4 is 10.6 Å². The van der Waals surface area contributed by atoms with Crippen LogP contribution in [-0.2, 0) is 62.1 Å². The molecule has 0 saturated carbocycles. The number of para-hydroxylation sites is 2. The molecule has 0 bridgehead atoms. The lowest BCUT2D eigenvalue weighted by molar-refractivity contribution is -0.319. The third kappa shape index (κ3) is 24.8. The summed E-state index contributed by atoms with van der Waals surface area (Å²) < 4.78 is 76.6. The maximum Gasteiger partial charge on any atom is 0.397 e. The molecule has 3 saturated heterocycles. The number of carbonyl (C=O) groups is 4. The summed E-state index contributed by atoms with van der Waals surface area (Å²) in [7, 11) is 0.973. The molecule has 504 valence electrons. The molecular formula is C65H109N3O19S. The van der Waals surface area contributed by atoms with Gasteiger partial charge in [0.1, 0.15) is 23.6 Å². The molecule has 18 unspecified atom stereocenters. The number of Topliss-reactive ketones (excluding diaryl/α,β-unsaturated/α-hetero) is 1. The molecule has 2 aromatic carbocycles. The van der Waals surface area contributed by atoms with Gasteiger partial charge in [0.25, 0.3) is 0 Å². The predicted octanol–water partition coefficient (Wildman–Crippen LogP) is 9.80. The van der Waals surface area contributed by atoms with Gasteiger partial charge in [-0.3, -0.25) is 18.9 Å². The Labute approximate surface area is 524 Å². The zero-order chi connectivity index (χ0) is 66.2. The number of benzene rings is 2. The van der Waals surface area contributed by atoms with E-state index in [1.807, 2.05) is 86.6 Å². The molecule has 23 heteroatoms. The number of amides is 2. The van der Waals surface area contributed by atoms with E-state index in [2.05, 4.69) is 21.7 Å². The number of carbonyl (C=O) groups excluding carboxylic acids is 4. The van der Waals surface area contributed by atoms with Crippen LogP contribution in [-0.4, -0.2) is 174 Å². The van der Waals surface area contributed by atoms with Crippen molar-refractivity contribution in [2.24, 2.45) is 23.7 Å². The third-order valence-electron chi connectivity index (χ3n) is 17.1. The number of unbranched alkanes of at least 4 members (excludes halogenated alkanes) is 9. The molecule has 0 aromatic heterocycles. The number of rotatable bonds is 23. The first kappa shape index (κ1) is 78.0. The number of hydrogen-bond acceptors (Lipinski definition) is 19. The number of hydrogen-bond donors (Lipinski definition) is 7. The molecule has 3 fully saturated rings. The molecule has 5 rings (SSSR count). The van der Waals surface area contributed by atoms with Gasteiger partial charge in [-0.2, -0.15) is 8.42 Å². The van der Waals surface area contributed by atoms with E-state index in [1.165, 1.54) is 72.8 Å². The molecule has 18 atom stereocenters. The van der Waals surface area contributed by atoms with Crippen molar-refractivity contribution in [1.29, 1.82) is 0 Å². The van der Waals surface area contributed by atoms with Gasteiger partial charge in [-0.05, 0) is 106 Å². The number of likely N-dealkylation sites (N-methyl/N-ethyl adjacent to an activating group) is 1. The smallest absolute Gasteiger partial charge is 0.397 e. The minimum Gasteiger partial charge on any atom is -0.459 e. The Morgan fingerprint density at radius 2 is 1.26 bits per heavy atom. The van der Waals surface area contributed by atoms with Crippen LogP contribution in [0.4, 0.5) is 16.2 Å². The summed E-state index contributed by atoms with van der Waals surface area (Å²) in [5, 5.41) is 52.0. The van der Waals surface area contributed by atoms with Gasteiger partial charge in [-0.1, -0.05) is 136 Å². The summed E-state index contributed by atoms with van der Waals surface area (Å²) in [4.78, 5) is 54.4. The predicted molar refractivity (Wildman–Crippen MR) is 335 cm³/mol. The largest absolute Gasteiger partial charge is 0.459 e. The molecular weight excluding hydrogens is 1160 g/mol. The molecule has 0 aliphatic carbocycles. The van der Waals surface area contributed by atoms with Gasteiger partial charge in [0.05, 0.1) is 60.3 Å². The number of urea groups is 1. The second-order valence-electron chi connectivity index (χ2n) is 25.0. The van der Waals surface area contributed by atoms with Crippen molar-refractivity contribution in [3.63, 3.8) is 0 Å². The monoisotopic (exact) mass is 1270 g/mol. The van der Waals surface area contributed by atoms with Crippen LogP contribution in [0.15, 0.2) is 60.7 Å². The Morgan fingerprint density at radius 1 is 0.727 bits per heavy atom. The third-order valence-corrected chi connectivity index (χ3v) is 17.6. The highest BCUT2D eigenvalue weighted by molar-refractivity contribution is 7.80. The number of esters is 2. The summed E-state index contributed by atoms with van der Waals surface area (Å²) in [6, 6.07) is 18.1. The fourth-order valence-corrected chi connectivity index (χ4v) is 12.2. The van der Waals surface area contributed by atoms with Crippen LogP contribution >= 0.6 is 0 Å².